The third-order valence-corrected chi connectivity index (χ3v) is 3.39. The van der Waals surface area contributed by atoms with E-state index >= 15 is 0 Å². The van der Waals surface area contributed by atoms with Gasteiger partial charge in [-0.15, -0.1) is 0 Å². The molecule has 24 heavy (non-hydrogen) atoms. The lowest BCUT2D eigenvalue weighted by Crippen LogP contribution is -2.13. The number of halogens is 1. The van der Waals surface area contributed by atoms with Crippen molar-refractivity contribution in [3.8, 4) is 5.88 Å². The highest BCUT2D eigenvalue weighted by molar-refractivity contribution is 5.96. The van der Waals surface area contributed by atoms with E-state index in [2.05, 4.69) is 20.3 Å². The lowest BCUT2D eigenvalue weighted by molar-refractivity contribution is -0.115. The Morgan fingerprint density at radius 1 is 1.42 bits per heavy atom. The zero-order valence-corrected chi connectivity index (χ0v) is 12.9. The van der Waals surface area contributed by atoms with Gasteiger partial charge in [-0.05, 0) is 23.8 Å². The van der Waals surface area contributed by atoms with Gasteiger partial charge in [-0.25, -0.2) is 14.4 Å². The maximum Gasteiger partial charge on any atom is 0.243 e. The molecular weight excluding hydrogens is 311 g/mol. The van der Waals surface area contributed by atoms with Gasteiger partial charge in [-0.3, -0.25) is 4.79 Å². The number of hydrogen-bond donors (Lipinski definition) is 2. The van der Waals surface area contributed by atoms with Crippen LogP contribution in [0.2, 0.25) is 0 Å². The lowest BCUT2D eigenvalue weighted by Gasteiger charge is -2.07. The highest BCUT2D eigenvalue weighted by Crippen LogP contribution is 2.26. The van der Waals surface area contributed by atoms with Gasteiger partial charge in [0.05, 0.1) is 5.39 Å². The van der Waals surface area contributed by atoms with Crippen molar-refractivity contribution in [2.24, 2.45) is 0 Å². The van der Waals surface area contributed by atoms with E-state index in [1.165, 1.54) is 24.5 Å². The van der Waals surface area contributed by atoms with Gasteiger partial charge in [0.25, 0.3) is 0 Å². The third-order valence-electron chi connectivity index (χ3n) is 3.39. The highest BCUT2D eigenvalue weighted by atomic mass is 19.1. The Kier molecular flexibility index (Phi) is 4.51. The van der Waals surface area contributed by atoms with Crippen LogP contribution in [0.3, 0.4) is 0 Å². The first kappa shape index (κ1) is 15.7. The van der Waals surface area contributed by atoms with Crippen LogP contribution in [0.15, 0.2) is 42.9 Å². The number of amides is 1. The Hall–Kier alpha value is -3.22. The number of nitrogens with one attached hydrogen (secondary N) is 2. The van der Waals surface area contributed by atoms with Gasteiger partial charge in [0.2, 0.25) is 11.8 Å². The van der Waals surface area contributed by atoms with Crippen LogP contribution in [-0.2, 0) is 11.4 Å². The Morgan fingerprint density at radius 2 is 2.29 bits per heavy atom. The molecule has 122 valence electrons. The van der Waals surface area contributed by atoms with Crippen LogP contribution in [0.1, 0.15) is 11.1 Å². The normalized spacial score (nSPS) is 11.1. The fourth-order valence-electron chi connectivity index (χ4n) is 2.23. The summed E-state index contributed by atoms with van der Waals surface area (Å²) in [6, 6.07) is 6.17. The minimum Gasteiger partial charge on any atom is -0.472 e. The summed E-state index contributed by atoms with van der Waals surface area (Å²) >= 11 is 0. The summed E-state index contributed by atoms with van der Waals surface area (Å²) in [6.45, 7) is 0.174. The average molecular weight is 326 g/mol. The number of rotatable bonds is 5. The second kappa shape index (κ2) is 6.91. The molecule has 0 fully saturated rings. The number of hydrogen-bond acceptors (Lipinski definition) is 4. The van der Waals surface area contributed by atoms with Gasteiger partial charge in [-0.1, -0.05) is 12.1 Å². The van der Waals surface area contributed by atoms with Crippen molar-refractivity contribution in [2.75, 3.05) is 7.05 Å². The smallest absolute Gasteiger partial charge is 0.243 e. The second-order valence-electron chi connectivity index (χ2n) is 5.01. The Balaban J connectivity index is 1.88. The molecule has 0 unspecified atom stereocenters. The first-order valence-electron chi connectivity index (χ1n) is 7.26. The van der Waals surface area contributed by atoms with Crippen molar-refractivity contribution in [3.63, 3.8) is 0 Å². The van der Waals surface area contributed by atoms with Crippen molar-refractivity contribution in [1.82, 2.24) is 20.3 Å². The van der Waals surface area contributed by atoms with Crippen LogP contribution in [-0.4, -0.2) is 27.9 Å². The van der Waals surface area contributed by atoms with Crippen LogP contribution in [0.5, 0.6) is 5.88 Å². The molecule has 0 atom stereocenters. The summed E-state index contributed by atoms with van der Waals surface area (Å²) in [5.74, 6) is -0.176. The third kappa shape index (κ3) is 3.40. The van der Waals surface area contributed by atoms with Crippen LogP contribution >= 0.6 is 0 Å². The molecule has 0 aliphatic rings. The van der Waals surface area contributed by atoms with Crippen molar-refractivity contribution < 1.29 is 13.9 Å². The molecular formula is C17H15FN4O2. The van der Waals surface area contributed by atoms with Crippen LogP contribution < -0.4 is 10.1 Å². The van der Waals surface area contributed by atoms with E-state index in [1.807, 2.05) is 0 Å². The second-order valence-corrected chi connectivity index (χ2v) is 5.01. The number of H-pyrrole nitrogens is 1. The van der Waals surface area contributed by atoms with Crippen LogP contribution in [0, 0.1) is 5.82 Å². The molecule has 0 saturated heterocycles. The highest BCUT2D eigenvalue weighted by Gasteiger charge is 2.11. The number of nitrogens with zero attached hydrogens (tertiary/aromatic N) is 2. The van der Waals surface area contributed by atoms with Gasteiger partial charge in [0.1, 0.15) is 24.4 Å². The molecule has 0 radical (unpaired) electrons. The lowest BCUT2D eigenvalue weighted by atomic mass is 10.2. The molecule has 2 aromatic heterocycles. The largest absolute Gasteiger partial charge is 0.472 e. The molecule has 2 N–H and O–H groups in total. The minimum atomic E-state index is -0.320. The van der Waals surface area contributed by atoms with Crippen molar-refractivity contribution in [1.29, 1.82) is 0 Å². The van der Waals surface area contributed by atoms with Crippen molar-refractivity contribution >= 4 is 23.0 Å². The van der Waals surface area contributed by atoms with E-state index in [0.29, 0.717) is 22.5 Å². The van der Waals surface area contributed by atoms with Crippen molar-refractivity contribution in [3.05, 3.63) is 59.8 Å². The fourth-order valence-corrected chi connectivity index (χ4v) is 2.23. The van der Waals surface area contributed by atoms with Crippen LogP contribution in [0.4, 0.5) is 4.39 Å². The number of benzene rings is 1. The fraction of sp³-hybridized carbons (Fsp3) is 0.118. The van der Waals surface area contributed by atoms with Gasteiger partial charge < -0.3 is 15.0 Å². The van der Waals surface area contributed by atoms with Crippen molar-refractivity contribution in [2.45, 2.75) is 6.61 Å². The van der Waals surface area contributed by atoms with E-state index in [0.717, 1.165) is 5.56 Å². The van der Waals surface area contributed by atoms with E-state index in [1.54, 1.807) is 31.5 Å². The van der Waals surface area contributed by atoms with E-state index in [4.69, 9.17) is 4.74 Å². The summed E-state index contributed by atoms with van der Waals surface area (Å²) in [5.41, 5.74) is 2.01. The number of likely N-dealkylation sites (N-methyl/N-ethyl adjacent to an activating group) is 1. The summed E-state index contributed by atoms with van der Waals surface area (Å²) in [4.78, 5) is 22.6. The summed E-state index contributed by atoms with van der Waals surface area (Å²) in [6.07, 6.45) is 6.15. The Morgan fingerprint density at radius 3 is 3.08 bits per heavy atom. The molecule has 3 rings (SSSR count). The molecule has 0 spiro atoms. The maximum atomic E-state index is 13.2. The average Bonchev–Trinajstić information content (AvgIpc) is 3.01. The molecule has 0 aliphatic carbocycles. The molecule has 1 aromatic carbocycles. The molecule has 0 saturated carbocycles. The quantitative estimate of drug-likeness (QED) is 0.706. The van der Waals surface area contributed by atoms with Gasteiger partial charge in [-0.2, -0.15) is 0 Å². The predicted molar refractivity (Wildman–Crippen MR) is 87.7 cm³/mol. The van der Waals surface area contributed by atoms with E-state index in [9.17, 15) is 9.18 Å². The molecule has 6 nitrogen and oxygen atoms in total. The zero-order chi connectivity index (χ0) is 16.9. The SMILES string of the molecule is CNC(=O)/C=C/c1c[nH]c2ncnc(OCc3cccc(F)c3)c12. The number of ether oxygens (including phenoxy) is 1. The predicted octanol–water partition coefficient (Wildman–Crippen LogP) is 2.44. The summed E-state index contributed by atoms with van der Waals surface area (Å²) in [5, 5.41) is 3.17. The van der Waals surface area contributed by atoms with E-state index in [-0.39, 0.29) is 18.3 Å². The molecule has 2 heterocycles. The first-order valence-corrected chi connectivity index (χ1v) is 7.26. The number of carbonyl (C=O) groups is 1. The number of aromatic nitrogens is 3. The van der Waals surface area contributed by atoms with Gasteiger partial charge in [0.15, 0.2) is 0 Å². The topological polar surface area (TPSA) is 79.9 Å². The van der Waals surface area contributed by atoms with Gasteiger partial charge >= 0.3 is 0 Å². The summed E-state index contributed by atoms with van der Waals surface area (Å²) in [7, 11) is 1.55. The Labute approximate surface area is 137 Å². The first-order chi connectivity index (χ1) is 11.7. The molecule has 0 bridgehead atoms. The molecule has 0 aliphatic heterocycles. The zero-order valence-electron chi connectivity index (χ0n) is 12.9. The Bertz CT molecular complexity index is 904. The minimum absolute atomic E-state index is 0.174. The van der Waals surface area contributed by atoms with E-state index < -0.39 is 0 Å². The monoisotopic (exact) mass is 326 g/mol. The number of aromatic amines is 1. The molecule has 7 heteroatoms. The standard InChI is InChI=1S/C17H15FN4O2/c1-19-14(23)6-5-12-8-20-16-15(12)17(22-10-21-16)24-9-11-3-2-4-13(18)7-11/h2-8,10H,9H2,1H3,(H,19,23)(H,20,21,22)/b6-5+. The summed E-state index contributed by atoms with van der Waals surface area (Å²) < 4.78 is 19.0. The van der Waals surface area contributed by atoms with Crippen LogP contribution in [0.25, 0.3) is 17.1 Å². The van der Waals surface area contributed by atoms with Gasteiger partial charge in [0, 0.05) is 24.9 Å². The molecule has 3 aromatic rings. The maximum absolute atomic E-state index is 13.2. The number of carbonyl (C=O) groups excluding carboxylic acids is 1. The molecule has 1 amide bonds. The number of fused-ring (bicyclic) bond motifs is 1.